The first-order valence-corrected chi connectivity index (χ1v) is 12.9. The third-order valence-electron chi connectivity index (χ3n) is 7.12. The highest BCUT2D eigenvalue weighted by Crippen LogP contribution is 2.29. The number of carbonyl (C=O) groups excluding carboxylic acids is 4. The molecule has 0 aliphatic carbocycles. The first kappa shape index (κ1) is 29.4. The average molecular weight is 604 g/mol. The maximum Gasteiger partial charge on any atom is 0.490 e. The summed E-state index contributed by atoms with van der Waals surface area (Å²) in [6.07, 6.45) is 0.514. The highest BCUT2D eigenvalue weighted by Gasteiger charge is 2.40. The van der Waals surface area contributed by atoms with Gasteiger partial charge in [0.1, 0.15) is 6.04 Å². The number of hydrogen-bond donors (Lipinski definition) is 4. The number of amides is 4. The molecule has 2 atom stereocenters. The summed E-state index contributed by atoms with van der Waals surface area (Å²) < 4.78 is 33.2. The Hall–Kier alpha value is -5.13. The number of benzene rings is 1. The molecule has 2 saturated heterocycles. The van der Waals surface area contributed by atoms with Gasteiger partial charge in [-0.15, -0.1) is 5.10 Å². The van der Waals surface area contributed by atoms with Crippen LogP contribution in [-0.2, 0) is 20.9 Å². The van der Waals surface area contributed by atoms with Gasteiger partial charge in [-0.1, -0.05) is 11.3 Å². The van der Waals surface area contributed by atoms with E-state index in [2.05, 4.69) is 31.1 Å². The Morgan fingerprint density at radius 1 is 1.14 bits per heavy atom. The second kappa shape index (κ2) is 11.6. The number of piperazine rings is 1. The predicted octanol–water partition coefficient (Wildman–Crippen LogP) is 0.171. The number of alkyl halides is 3. The number of aromatic nitrogens is 5. The maximum absolute atomic E-state index is 13.1. The van der Waals surface area contributed by atoms with Crippen LogP contribution in [0.5, 0.6) is 0 Å². The van der Waals surface area contributed by atoms with E-state index in [1.807, 2.05) is 6.07 Å². The lowest BCUT2D eigenvalue weighted by Gasteiger charge is -2.32. The molecular weight excluding hydrogens is 579 g/mol. The number of aliphatic carboxylic acids is 1. The van der Waals surface area contributed by atoms with Gasteiger partial charge in [-0.05, 0) is 24.1 Å². The van der Waals surface area contributed by atoms with Gasteiger partial charge in [0.2, 0.25) is 11.8 Å². The minimum atomic E-state index is -5.08. The molecule has 2 unspecified atom stereocenters. The Kier molecular flexibility index (Phi) is 7.94. The van der Waals surface area contributed by atoms with Gasteiger partial charge in [0, 0.05) is 49.9 Å². The molecule has 0 spiro atoms. The number of carboxylic acids is 1. The fraction of sp³-hybridized carbons (Fsp3) is 0.360. The smallest absolute Gasteiger partial charge is 0.475 e. The van der Waals surface area contributed by atoms with Crippen molar-refractivity contribution >= 4 is 29.6 Å². The van der Waals surface area contributed by atoms with Gasteiger partial charge in [0.25, 0.3) is 11.8 Å². The molecule has 226 valence electrons. The minimum Gasteiger partial charge on any atom is -0.475 e. The number of carbonyl (C=O) groups is 5. The molecule has 0 radical (unpaired) electrons. The van der Waals surface area contributed by atoms with E-state index in [-0.39, 0.29) is 35.9 Å². The number of piperidine rings is 1. The summed E-state index contributed by atoms with van der Waals surface area (Å²) in [5, 5.41) is 27.8. The lowest BCUT2D eigenvalue weighted by atomic mass is 10.0. The zero-order chi connectivity index (χ0) is 30.9. The second-order valence-electron chi connectivity index (χ2n) is 9.88. The number of imide groups is 1. The summed E-state index contributed by atoms with van der Waals surface area (Å²) in [7, 11) is 0. The fourth-order valence-electron chi connectivity index (χ4n) is 4.94. The van der Waals surface area contributed by atoms with Crippen molar-refractivity contribution in [2.45, 2.75) is 37.6 Å². The summed E-state index contributed by atoms with van der Waals surface area (Å²) >= 11 is 0. The Bertz CT molecular complexity index is 1570. The highest BCUT2D eigenvalue weighted by atomic mass is 19.4. The van der Waals surface area contributed by atoms with Crippen molar-refractivity contribution in [1.82, 2.24) is 45.6 Å². The molecule has 18 heteroatoms. The van der Waals surface area contributed by atoms with Crippen molar-refractivity contribution in [2.24, 2.45) is 0 Å². The molecule has 3 aliphatic rings. The third-order valence-corrected chi connectivity index (χ3v) is 7.12. The minimum absolute atomic E-state index is 0.0217. The van der Waals surface area contributed by atoms with Crippen LogP contribution in [0, 0.1) is 0 Å². The van der Waals surface area contributed by atoms with E-state index in [1.165, 1.54) is 9.58 Å². The Labute approximate surface area is 240 Å². The third kappa shape index (κ3) is 6.22. The standard InChI is InChI=1S/C23H23N9O4.C2HF3O2/c33-20-4-3-19(21(34)27-20)31-10-13-1-2-15(7-16(13)22(31)35)32-12-18(28-29-32)23(36)30-6-5-24-17(11-30)14-8-25-26-9-14;3-2(4,5)1(6)7/h1-2,7-9,12,17,19,24H,3-6,10-11H2,(H,25,26)(H,27,33,34);(H,6,7). The lowest BCUT2D eigenvalue weighted by Crippen LogP contribution is -2.52. The number of halogens is 3. The van der Waals surface area contributed by atoms with E-state index in [4.69, 9.17) is 9.90 Å². The molecule has 0 saturated carbocycles. The first-order valence-electron chi connectivity index (χ1n) is 12.9. The van der Waals surface area contributed by atoms with Crippen LogP contribution in [0.1, 0.15) is 50.9 Å². The monoisotopic (exact) mass is 603 g/mol. The summed E-state index contributed by atoms with van der Waals surface area (Å²) in [5.41, 5.74) is 3.02. The molecule has 4 N–H and O–H groups in total. The molecule has 4 amide bonds. The quantitative estimate of drug-likeness (QED) is 0.299. The number of carboxylic acid groups (broad SMARTS) is 1. The van der Waals surface area contributed by atoms with Crippen LogP contribution < -0.4 is 10.6 Å². The van der Waals surface area contributed by atoms with Crippen LogP contribution in [-0.4, -0.2) is 102 Å². The molecule has 3 aliphatic heterocycles. The van der Waals surface area contributed by atoms with Gasteiger partial charge in [-0.25, -0.2) is 9.48 Å². The van der Waals surface area contributed by atoms with E-state index >= 15 is 0 Å². The van der Waals surface area contributed by atoms with Crippen molar-refractivity contribution in [3.05, 3.63) is 59.2 Å². The zero-order valence-electron chi connectivity index (χ0n) is 22.2. The zero-order valence-corrected chi connectivity index (χ0v) is 22.2. The molecule has 15 nitrogen and oxygen atoms in total. The summed E-state index contributed by atoms with van der Waals surface area (Å²) in [4.78, 5) is 62.1. The molecule has 1 aromatic carbocycles. The highest BCUT2D eigenvalue weighted by molar-refractivity contribution is 6.05. The van der Waals surface area contributed by atoms with Crippen molar-refractivity contribution in [2.75, 3.05) is 19.6 Å². The summed E-state index contributed by atoms with van der Waals surface area (Å²) in [6, 6.07) is 4.59. The first-order chi connectivity index (χ1) is 20.4. The van der Waals surface area contributed by atoms with Gasteiger partial charge in [0.15, 0.2) is 5.69 Å². The Balaban J connectivity index is 0.000000472. The van der Waals surface area contributed by atoms with Crippen LogP contribution in [0.3, 0.4) is 0 Å². The number of fused-ring (bicyclic) bond motifs is 1. The lowest BCUT2D eigenvalue weighted by molar-refractivity contribution is -0.192. The van der Waals surface area contributed by atoms with Crippen molar-refractivity contribution in [3.63, 3.8) is 0 Å². The number of nitrogens with one attached hydrogen (secondary N) is 3. The summed E-state index contributed by atoms with van der Waals surface area (Å²) in [6.45, 7) is 1.97. The molecular formula is C25H24F3N9O6. The molecule has 2 fully saturated rings. The normalized spacial score (nSPS) is 20.3. The van der Waals surface area contributed by atoms with Gasteiger partial charge in [0.05, 0.1) is 24.1 Å². The number of hydrogen-bond acceptors (Lipinski definition) is 9. The SMILES string of the molecule is O=C(O)C(F)(F)F.O=C1CCC(N2Cc3ccc(-n4cc(C(=O)N5CCNC(c6cn[nH]c6)C5)nn4)cc3C2=O)C(=O)N1. The number of rotatable bonds is 4. The van der Waals surface area contributed by atoms with Crippen LogP contribution >= 0.6 is 0 Å². The topological polar surface area (TPSA) is 196 Å². The van der Waals surface area contributed by atoms with E-state index in [9.17, 15) is 32.3 Å². The van der Waals surface area contributed by atoms with Gasteiger partial charge < -0.3 is 20.2 Å². The molecule has 5 heterocycles. The van der Waals surface area contributed by atoms with Crippen LogP contribution in [0.4, 0.5) is 13.2 Å². The predicted molar refractivity (Wildman–Crippen MR) is 136 cm³/mol. The van der Waals surface area contributed by atoms with Crippen LogP contribution in [0.15, 0.2) is 36.8 Å². The van der Waals surface area contributed by atoms with Crippen LogP contribution in [0.2, 0.25) is 0 Å². The summed E-state index contributed by atoms with van der Waals surface area (Å²) in [5.74, 6) is -4.03. The van der Waals surface area contributed by atoms with Crippen LogP contribution in [0.25, 0.3) is 5.69 Å². The van der Waals surface area contributed by atoms with Crippen molar-refractivity contribution in [3.8, 4) is 5.69 Å². The fourth-order valence-corrected chi connectivity index (χ4v) is 4.94. The number of nitrogens with zero attached hydrogens (tertiary/aromatic N) is 6. The van der Waals surface area contributed by atoms with E-state index < -0.39 is 24.1 Å². The van der Waals surface area contributed by atoms with Gasteiger partial charge >= 0.3 is 12.1 Å². The van der Waals surface area contributed by atoms with Gasteiger partial charge in [-0.3, -0.25) is 29.6 Å². The largest absolute Gasteiger partial charge is 0.490 e. The molecule has 3 aromatic rings. The molecule has 6 rings (SSSR count). The number of H-pyrrole nitrogens is 1. The van der Waals surface area contributed by atoms with Crippen molar-refractivity contribution in [1.29, 1.82) is 0 Å². The molecule has 2 aromatic heterocycles. The van der Waals surface area contributed by atoms with E-state index in [0.29, 0.717) is 43.9 Å². The second-order valence-corrected chi connectivity index (χ2v) is 9.88. The Morgan fingerprint density at radius 2 is 1.91 bits per heavy atom. The van der Waals surface area contributed by atoms with Crippen molar-refractivity contribution < 1.29 is 42.3 Å². The molecule has 43 heavy (non-hydrogen) atoms. The Morgan fingerprint density at radius 3 is 2.58 bits per heavy atom. The average Bonchev–Trinajstić information content (AvgIpc) is 3.74. The molecule has 0 bridgehead atoms. The number of aromatic amines is 1. The van der Waals surface area contributed by atoms with Gasteiger partial charge in [-0.2, -0.15) is 18.3 Å². The van der Waals surface area contributed by atoms with E-state index in [1.54, 1.807) is 35.6 Å². The maximum atomic E-state index is 13.1. The van der Waals surface area contributed by atoms with E-state index in [0.717, 1.165) is 11.1 Å².